The van der Waals surface area contributed by atoms with Gasteiger partial charge in [-0.3, -0.25) is 4.79 Å². The Balaban J connectivity index is 1.28. The summed E-state index contributed by atoms with van der Waals surface area (Å²) in [5.74, 6) is 0.716. The predicted molar refractivity (Wildman–Crippen MR) is 135 cm³/mol. The summed E-state index contributed by atoms with van der Waals surface area (Å²) >= 11 is 0. The Morgan fingerprint density at radius 1 is 0.970 bits per heavy atom. The topological polar surface area (TPSA) is 38.3 Å². The molecule has 4 heteroatoms. The van der Waals surface area contributed by atoms with Gasteiger partial charge in [0.15, 0.2) is 0 Å². The maximum Gasteiger partial charge on any atom is 0.255 e. The van der Waals surface area contributed by atoms with E-state index in [0.717, 1.165) is 44.8 Å². The van der Waals surface area contributed by atoms with Crippen molar-refractivity contribution in [3.63, 3.8) is 0 Å². The van der Waals surface area contributed by atoms with Crippen LogP contribution in [0.4, 0.5) is 5.69 Å². The van der Waals surface area contributed by atoms with Crippen molar-refractivity contribution in [3.05, 3.63) is 77.4 Å². The number of nitrogens with one attached hydrogen (secondary N) is 1. The summed E-state index contributed by atoms with van der Waals surface area (Å²) < 4.78 is 6.93. The number of benzene rings is 3. The highest BCUT2D eigenvalue weighted by Crippen LogP contribution is 2.33. The maximum absolute atomic E-state index is 13.0. The monoisotopic (exact) mass is 441 g/mol. The molecule has 0 radical (unpaired) electrons. The van der Waals surface area contributed by atoms with Crippen molar-refractivity contribution < 1.29 is 14.0 Å². The van der Waals surface area contributed by atoms with E-state index in [1.807, 2.05) is 36.4 Å². The van der Waals surface area contributed by atoms with Crippen LogP contribution < -0.4 is 10.1 Å². The second kappa shape index (κ2) is 9.03. The third-order valence-corrected chi connectivity index (χ3v) is 7.29. The van der Waals surface area contributed by atoms with Gasteiger partial charge in [-0.15, -0.1) is 0 Å². The van der Waals surface area contributed by atoms with Crippen molar-refractivity contribution in [2.75, 3.05) is 26.0 Å². The Kier molecular flexibility index (Phi) is 5.94. The van der Waals surface area contributed by atoms with Gasteiger partial charge in [-0.1, -0.05) is 48.9 Å². The molecule has 0 aromatic heterocycles. The molecule has 1 N–H and O–H groups in total. The maximum atomic E-state index is 13.0. The fraction of sp³-hybridized carbons (Fsp3) is 0.345. The number of anilines is 1. The summed E-state index contributed by atoms with van der Waals surface area (Å²) in [4.78, 5) is 13.0. The van der Waals surface area contributed by atoms with Crippen LogP contribution in [0.2, 0.25) is 0 Å². The number of hydrogen-bond acceptors (Lipinski definition) is 2. The van der Waals surface area contributed by atoms with Gasteiger partial charge in [-0.2, -0.15) is 0 Å². The average Bonchev–Trinajstić information content (AvgIpc) is 2.85. The lowest BCUT2D eigenvalue weighted by atomic mass is 9.92. The Morgan fingerprint density at radius 2 is 1.73 bits per heavy atom. The Labute approximate surface area is 196 Å². The SMILES string of the molecule is C[N+](C)(Cc1ccc(NC(=O)C2=Cc3c(ccc4ccccc34)OC2)cc1)C1CCCCC1. The second-order valence-electron chi connectivity index (χ2n) is 10.0. The Morgan fingerprint density at radius 3 is 2.52 bits per heavy atom. The summed E-state index contributed by atoms with van der Waals surface area (Å²) in [5, 5.41) is 5.29. The van der Waals surface area contributed by atoms with Crippen molar-refractivity contribution in [1.29, 1.82) is 0 Å². The highest BCUT2D eigenvalue weighted by Gasteiger charge is 2.29. The van der Waals surface area contributed by atoms with E-state index in [2.05, 4.69) is 49.7 Å². The fourth-order valence-corrected chi connectivity index (χ4v) is 5.34. The normalized spacial score (nSPS) is 16.6. The first-order chi connectivity index (χ1) is 16.0. The minimum atomic E-state index is -0.111. The number of quaternary nitrogens is 1. The molecule has 1 fully saturated rings. The molecule has 4 nitrogen and oxygen atoms in total. The van der Waals surface area contributed by atoms with Gasteiger partial charge in [0.2, 0.25) is 0 Å². The van der Waals surface area contributed by atoms with Crippen LogP contribution >= 0.6 is 0 Å². The van der Waals surface area contributed by atoms with Gasteiger partial charge >= 0.3 is 0 Å². The van der Waals surface area contributed by atoms with E-state index in [9.17, 15) is 4.79 Å². The van der Waals surface area contributed by atoms with Gasteiger partial charge in [0, 0.05) is 16.8 Å². The van der Waals surface area contributed by atoms with Gasteiger partial charge in [0.05, 0.1) is 25.7 Å². The average molecular weight is 442 g/mol. The van der Waals surface area contributed by atoms with Crippen molar-refractivity contribution in [1.82, 2.24) is 0 Å². The van der Waals surface area contributed by atoms with E-state index in [4.69, 9.17) is 4.74 Å². The summed E-state index contributed by atoms with van der Waals surface area (Å²) in [6.45, 7) is 1.30. The number of ether oxygens (including phenoxy) is 1. The van der Waals surface area contributed by atoms with Crippen molar-refractivity contribution in [2.45, 2.75) is 44.7 Å². The minimum Gasteiger partial charge on any atom is -0.488 e. The molecule has 1 aliphatic heterocycles. The summed E-state index contributed by atoms with van der Waals surface area (Å²) in [6.07, 6.45) is 8.73. The lowest BCUT2D eigenvalue weighted by Gasteiger charge is -2.40. The highest BCUT2D eigenvalue weighted by atomic mass is 16.5. The molecule has 0 atom stereocenters. The molecule has 3 aromatic carbocycles. The highest BCUT2D eigenvalue weighted by molar-refractivity contribution is 6.09. The fourth-order valence-electron chi connectivity index (χ4n) is 5.34. The molecule has 1 saturated carbocycles. The smallest absolute Gasteiger partial charge is 0.255 e. The zero-order valence-electron chi connectivity index (χ0n) is 19.6. The van der Waals surface area contributed by atoms with E-state index >= 15 is 0 Å². The largest absolute Gasteiger partial charge is 0.488 e. The van der Waals surface area contributed by atoms with Gasteiger partial charge in [0.25, 0.3) is 5.91 Å². The van der Waals surface area contributed by atoms with Crippen LogP contribution in [0.15, 0.2) is 66.2 Å². The van der Waals surface area contributed by atoms with E-state index in [-0.39, 0.29) is 12.5 Å². The zero-order valence-corrected chi connectivity index (χ0v) is 19.6. The lowest BCUT2D eigenvalue weighted by Crippen LogP contribution is -2.48. The van der Waals surface area contributed by atoms with E-state index in [0.29, 0.717) is 5.57 Å². The molecule has 0 spiro atoms. The van der Waals surface area contributed by atoms with Crippen LogP contribution in [0.25, 0.3) is 16.8 Å². The molecule has 1 amide bonds. The molecule has 2 aliphatic rings. The molecule has 170 valence electrons. The van der Waals surface area contributed by atoms with Crippen molar-refractivity contribution in [2.24, 2.45) is 0 Å². The van der Waals surface area contributed by atoms with Crippen LogP contribution in [0.3, 0.4) is 0 Å². The number of carbonyl (C=O) groups excluding carboxylic acids is 1. The number of amides is 1. The Hall–Kier alpha value is -3.11. The molecule has 5 rings (SSSR count). The van der Waals surface area contributed by atoms with E-state index in [1.165, 1.54) is 37.7 Å². The minimum absolute atomic E-state index is 0.111. The molecule has 0 bridgehead atoms. The van der Waals surface area contributed by atoms with Crippen LogP contribution in [0.1, 0.15) is 43.2 Å². The first kappa shape index (κ1) is 21.7. The standard InChI is InChI=1S/C29H32N2O2/c1-31(2,25-9-4-3-5-10-25)19-21-12-15-24(16-13-21)30-29(32)23-18-27-26-11-7-6-8-22(26)14-17-28(27)33-20-23/h6-8,11-18,25H,3-5,9-10,19-20H2,1-2H3/p+1. The summed E-state index contributed by atoms with van der Waals surface area (Å²) in [7, 11) is 4.70. The van der Waals surface area contributed by atoms with Gasteiger partial charge in [-0.25, -0.2) is 0 Å². The predicted octanol–water partition coefficient (Wildman–Crippen LogP) is 6.16. The Bertz CT molecular complexity index is 1190. The quantitative estimate of drug-likeness (QED) is 0.481. The van der Waals surface area contributed by atoms with E-state index in [1.54, 1.807) is 0 Å². The third kappa shape index (κ3) is 4.67. The third-order valence-electron chi connectivity index (χ3n) is 7.29. The van der Waals surface area contributed by atoms with Crippen molar-refractivity contribution in [3.8, 4) is 5.75 Å². The first-order valence-electron chi connectivity index (χ1n) is 12.1. The zero-order chi connectivity index (χ0) is 22.8. The van der Waals surface area contributed by atoms with Crippen LogP contribution in [0.5, 0.6) is 5.75 Å². The number of hydrogen-bond donors (Lipinski definition) is 1. The molecule has 1 heterocycles. The summed E-state index contributed by atoms with van der Waals surface area (Å²) in [6, 6.07) is 21.3. The summed E-state index contributed by atoms with van der Waals surface area (Å²) in [5.41, 5.74) is 3.74. The van der Waals surface area contributed by atoms with Gasteiger partial charge in [-0.05, 0) is 60.7 Å². The molecule has 1 aliphatic carbocycles. The molecule has 0 saturated heterocycles. The molecule has 0 unspecified atom stereocenters. The first-order valence-corrected chi connectivity index (χ1v) is 12.1. The van der Waals surface area contributed by atoms with Gasteiger partial charge < -0.3 is 14.5 Å². The molecule has 33 heavy (non-hydrogen) atoms. The van der Waals surface area contributed by atoms with Crippen molar-refractivity contribution >= 4 is 28.4 Å². The second-order valence-corrected chi connectivity index (χ2v) is 10.0. The van der Waals surface area contributed by atoms with Crippen LogP contribution in [-0.4, -0.2) is 37.1 Å². The lowest BCUT2D eigenvalue weighted by molar-refractivity contribution is -0.929. The number of fused-ring (bicyclic) bond motifs is 3. The van der Waals surface area contributed by atoms with E-state index < -0.39 is 0 Å². The number of rotatable bonds is 5. The van der Waals surface area contributed by atoms with Gasteiger partial charge in [0.1, 0.15) is 18.9 Å². The molecule has 3 aromatic rings. The number of carbonyl (C=O) groups is 1. The molecular weight excluding hydrogens is 408 g/mol. The number of nitrogens with zero attached hydrogens (tertiary/aromatic N) is 1. The molecular formula is C29H33N2O2+. The van der Waals surface area contributed by atoms with Crippen LogP contribution in [-0.2, 0) is 11.3 Å². The van der Waals surface area contributed by atoms with Crippen LogP contribution in [0, 0.1) is 0 Å².